The van der Waals surface area contributed by atoms with Gasteiger partial charge in [0.05, 0.1) is 25.5 Å². The fourth-order valence-corrected chi connectivity index (χ4v) is 3.31. The summed E-state index contributed by atoms with van der Waals surface area (Å²) < 4.78 is 18.4. The third kappa shape index (κ3) is 3.86. The van der Waals surface area contributed by atoms with Gasteiger partial charge in [-0.05, 0) is 24.3 Å². The molecule has 7 heteroatoms. The highest BCUT2D eigenvalue weighted by Crippen LogP contribution is 2.24. The Labute approximate surface area is 138 Å². The molecule has 0 saturated carbocycles. The number of thiazole rings is 1. The van der Waals surface area contributed by atoms with Crippen LogP contribution in [0.25, 0.3) is 0 Å². The van der Waals surface area contributed by atoms with E-state index in [0.717, 1.165) is 23.9 Å². The van der Waals surface area contributed by atoms with Crippen LogP contribution in [-0.4, -0.2) is 37.2 Å². The number of hydrogen-bond acceptors (Lipinski definition) is 5. The lowest BCUT2D eigenvalue weighted by molar-refractivity contribution is -0.116. The number of carbonyl (C=O) groups is 1. The highest BCUT2D eigenvalue weighted by atomic mass is 32.1. The quantitative estimate of drug-likeness (QED) is 0.862. The summed E-state index contributed by atoms with van der Waals surface area (Å²) in [6, 6.07) is 5.91. The van der Waals surface area contributed by atoms with Crippen molar-refractivity contribution in [2.24, 2.45) is 0 Å². The SMILES string of the molecule is CC(=O)N(Cc1csc(N2CCOCC2)n1)c1ccc(F)cc1. The van der Waals surface area contributed by atoms with Crippen molar-refractivity contribution in [2.75, 3.05) is 36.1 Å². The molecule has 23 heavy (non-hydrogen) atoms. The van der Waals surface area contributed by atoms with Crippen LogP contribution in [0.1, 0.15) is 12.6 Å². The topological polar surface area (TPSA) is 45.7 Å². The van der Waals surface area contributed by atoms with Crippen molar-refractivity contribution < 1.29 is 13.9 Å². The van der Waals surface area contributed by atoms with Crippen LogP contribution >= 0.6 is 11.3 Å². The molecular formula is C16H18FN3O2S. The second-order valence-corrected chi connectivity index (χ2v) is 6.14. The molecule has 0 aliphatic carbocycles. The number of halogens is 1. The summed E-state index contributed by atoms with van der Waals surface area (Å²) in [6.07, 6.45) is 0. The van der Waals surface area contributed by atoms with E-state index in [2.05, 4.69) is 9.88 Å². The van der Waals surface area contributed by atoms with Crippen molar-refractivity contribution in [2.45, 2.75) is 13.5 Å². The first-order valence-electron chi connectivity index (χ1n) is 7.44. The first-order valence-corrected chi connectivity index (χ1v) is 8.32. The summed E-state index contributed by atoms with van der Waals surface area (Å²) in [4.78, 5) is 20.3. The highest BCUT2D eigenvalue weighted by molar-refractivity contribution is 7.13. The molecule has 0 N–H and O–H groups in total. The third-order valence-corrected chi connectivity index (χ3v) is 4.61. The minimum atomic E-state index is -0.319. The zero-order chi connectivity index (χ0) is 16.2. The van der Waals surface area contributed by atoms with Gasteiger partial charge in [-0.1, -0.05) is 0 Å². The van der Waals surface area contributed by atoms with Crippen molar-refractivity contribution in [1.82, 2.24) is 4.98 Å². The molecule has 1 aliphatic heterocycles. The van der Waals surface area contributed by atoms with E-state index in [1.807, 2.05) is 5.38 Å². The molecule has 5 nitrogen and oxygen atoms in total. The Morgan fingerprint density at radius 3 is 2.70 bits per heavy atom. The predicted octanol–water partition coefficient (Wildman–Crippen LogP) is 2.67. The van der Waals surface area contributed by atoms with Crippen molar-refractivity contribution in [3.63, 3.8) is 0 Å². The molecule has 2 aromatic rings. The van der Waals surface area contributed by atoms with Crippen molar-refractivity contribution in [3.05, 3.63) is 41.2 Å². The fraction of sp³-hybridized carbons (Fsp3) is 0.375. The van der Waals surface area contributed by atoms with Gasteiger partial charge in [0.2, 0.25) is 5.91 Å². The van der Waals surface area contributed by atoms with Crippen LogP contribution in [0, 0.1) is 5.82 Å². The Bertz CT molecular complexity index is 668. The van der Waals surface area contributed by atoms with Crippen molar-refractivity contribution in [1.29, 1.82) is 0 Å². The Morgan fingerprint density at radius 1 is 1.35 bits per heavy atom. The van der Waals surface area contributed by atoms with Crippen LogP contribution < -0.4 is 9.80 Å². The molecule has 1 aromatic carbocycles. The standard InChI is InChI=1S/C16H18FN3O2S/c1-12(21)20(15-4-2-13(17)3-5-15)10-14-11-23-16(18-14)19-6-8-22-9-7-19/h2-5,11H,6-10H2,1H3. The molecule has 1 amide bonds. The maximum atomic E-state index is 13.1. The summed E-state index contributed by atoms with van der Waals surface area (Å²) in [5.41, 5.74) is 1.50. The minimum absolute atomic E-state index is 0.0995. The van der Waals surface area contributed by atoms with Crippen molar-refractivity contribution >= 4 is 28.1 Å². The molecule has 0 unspecified atom stereocenters. The average molecular weight is 335 g/mol. The minimum Gasteiger partial charge on any atom is -0.378 e. The number of hydrogen-bond donors (Lipinski definition) is 0. The zero-order valence-corrected chi connectivity index (χ0v) is 13.7. The largest absolute Gasteiger partial charge is 0.378 e. The molecule has 1 aromatic heterocycles. The van der Waals surface area contributed by atoms with Crippen LogP contribution in [-0.2, 0) is 16.1 Å². The fourth-order valence-electron chi connectivity index (χ4n) is 2.44. The van der Waals surface area contributed by atoms with Gasteiger partial charge >= 0.3 is 0 Å². The number of anilines is 2. The Balaban J connectivity index is 1.74. The number of amides is 1. The highest BCUT2D eigenvalue weighted by Gasteiger charge is 2.17. The first-order chi connectivity index (χ1) is 11.1. The Hall–Kier alpha value is -1.99. The van der Waals surface area contributed by atoms with E-state index >= 15 is 0 Å². The van der Waals surface area contributed by atoms with Gasteiger partial charge in [0.1, 0.15) is 5.82 Å². The molecule has 122 valence electrons. The molecule has 0 bridgehead atoms. The number of benzene rings is 1. The molecule has 0 atom stereocenters. The van der Waals surface area contributed by atoms with Crippen LogP contribution in [0.2, 0.25) is 0 Å². The molecule has 1 saturated heterocycles. The Morgan fingerprint density at radius 2 is 2.04 bits per heavy atom. The van der Waals surface area contributed by atoms with E-state index in [1.165, 1.54) is 19.1 Å². The second-order valence-electron chi connectivity index (χ2n) is 5.30. The number of morpholine rings is 1. The summed E-state index contributed by atoms with van der Waals surface area (Å²) >= 11 is 1.57. The average Bonchev–Trinajstić information content (AvgIpc) is 3.03. The summed E-state index contributed by atoms with van der Waals surface area (Å²) in [5, 5.41) is 2.91. The molecule has 1 fully saturated rings. The third-order valence-electron chi connectivity index (χ3n) is 3.66. The molecule has 0 spiro atoms. The van der Waals surface area contributed by atoms with E-state index in [4.69, 9.17) is 4.74 Å². The lowest BCUT2D eigenvalue weighted by Gasteiger charge is -2.26. The number of rotatable bonds is 4. The number of ether oxygens (including phenoxy) is 1. The van der Waals surface area contributed by atoms with Gasteiger partial charge in [0, 0.05) is 31.1 Å². The van der Waals surface area contributed by atoms with Crippen LogP contribution in [0.15, 0.2) is 29.6 Å². The lowest BCUT2D eigenvalue weighted by atomic mass is 10.2. The van der Waals surface area contributed by atoms with Gasteiger partial charge in [-0.25, -0.2) is 9.37 Å². The molecule has 1 aliphatic rings. The van der Waals surface area contributed by atoms with Gasteiger partial charge in [0.25, 0.3) is 0 Å². The lowest BCUT2D eigenvalue weighted by Crippen LogP contribution is -2.36. The van der Waals surface area contributed by atoms with Crippen molar-refractivity contribution in [3.8, 4) is 0 Å². The van der Waals surface area contributed by atoms with Gasteiger partial charge in [-0.15, -0.1) is 11.3 Å². The maximum absolute atomic E-state index is 13.1. The summed E-state index contributed by atoms with van der Waals surface area (Å²) in [5.74, 6) is -0.418. The molecular weight excluding hydrogens is 317 g/mol. The van der Waals surface area contributed by atoms with Crippen LogP contribution in [0.5, 0.6) is 0 Å². The van der Waals surface area contributed by atoms with Crippen LogP contribution in [0.4, 0.5) is 15.2 Å². The summed E-state index contributed by atoms with van der Waals surface area (Å²) in [7, 11) is 0. The van der Waals surface area contributed by atoms with Crippen LogP contribution in [0.3, 0.4) is 0 Å². The second kappa shape index (κ2) is 7.06. The number of aromatic nitrogens is 1. The monoisotopic (exact) mass is 335 g/mol. The van der Waals surface area contributed by atoms with Gasteiger partial charge in [0.15, 0.2) is 5.13 Å². The van der Waals surface area contributed by atoms with Gasteiger partial charge in [-0.2, -0.15) is 0 Å². The number of carbonyl (C=O) groups excluding carboxylic acids is 1. The van der Waals surface area contributed by atoms with E-state index in [1.54, 1.807) is 28.4 Å². The smallest absolute Gasteiger partial charge is 0.224 e. The summed E-state index contributed by atoms with van der Waals surface area (Å²) in [6.45, 7) is 4.97. The normalized spacial score (nSPS) is 14.8. The predicted molar refractivity (Wildman–Crippen MR) is 88.4 cm³/mol. The van der Waals surface area contributed by atoms with Gasteiger partial charge in [-0.3, -0.25) is 4.79 Å². The number of nitrogens with zero attached hydrogens (tertiary/aromatic N) is 3. The van der Waals surface area contributed by atoms with Gasteiger partial charge < -0.3 is 14.5 Å². The van der Waals surface area contributed by atoms with E-state index < -0.39 is 0 Å². The first kappa shape index (κ1) is 15.9. The zero-order valence-electron chi connectivity index (χ0n) is 12.9. The van der Waals surface area contributed by atoms with E-state index in [0.29, 0.717) is 25.4 Å². The Kier molecular flexibility index (Phi) is 4.88. The molecule has 0 radical (unpaired) electrons. The molecule has 3 rings (SSSR count). The van der Waals surface area contributed by atoms with E-state index in [9.17, 15) is 9.18 Å². The van der Waals surface area contributed by atoms with E-state index in [-0.39, 0.29) is 11.7 Å². The molecule has 2 heterocycles. The maximum Gasteiger partial charge on any atom is 0.224 e.